The molecule has 12 heteroatoms. The van der Waals surface area contributed by atoms with Crippen molar-refractivity contribution in [3.05, 3.63) is 0 Å². The van der Waals surface area contributed by atoms with E-state index in [2.05, 4.69) is 4.74 Å². The Bertz CT molecular complexity index is 460. The van der Waals surface area contributed by atoms with E-state index in [-0.39, 0.29) is 0 Å². The fraction of sp³-hybridized carbons (Fsp3) is 0.923. The summed E-state index contributed by atoms with van der Waals surface area (Å²) in [6.07, 6.45) is -17.0. The molecular weight excluding hydrogens is 348 g/mol. The molecule has 0 radical (unpaired) electrons. The largest absolute Gasteiger partial charge is 0.467 e. The van der Waals surface area contributed by atoms with Crippen LogP contribution in [0.15, 0.2) is 0 Å². The lowest BCUT2D eigenvalue weighted by Gasteiger charge is -2.44. The number of ether oxygens (including phenoxy) is 4. The Morgan fingerprint density at radius 1 is 0.920 bits per heavy atom. The Balaban J connectivity index is 2.13. The van der Waals surface area contributed by atoms with Crippen LogP contribution < -0.4 is 0 Å². The molecule has 25 heavy (non-hydrogen) atoms. The van der Waals surface area contributed by atoms with Gasteiger partial charge in [0.15, 0.2) is 18.7 Å². The zero-order valence-electron chi connectivity index (χ0n) is 13.2. The molecule has 0 bridgehead atoms. The molecule has 7 N–H and O–H groups in total. The Morgan fingerprint density at radius 3 is 2.12 bits per heavy atom. The molecule has 146 valence electrons. The summed E-state index contributed by atoms with van der Waals surface area (Å²) in [5.41, 5.74) is 0. The smallest absolute Gasteiger partial charge is 0.337 e. The van der Waals surface area contributed by atoms with Crippen LogP contribution in [0, 0.1) is 0 Å². The summed E-state index contributed by atoms with van der Waals surface area (Å²) < 4.78 is 19.5. The lowest BCUT2D eigenvalue weighted by Crippen LogP contribution is -2.64. The van der Waals surface area contributed by atoms with Crippen molar-refractivity contribution in [2.24, 2.45) is 0 Å². The fourth-order valence-electron chi connectivity index (χ4n) is 2.64. The first-order chi connectivity index (χ1) is 11.7. The fourth-order valence-corrected chi connectivity index (χ4v) is 2.64. The van der Waals surface area contributed by atoms with E-state index in [1.54, 1.807) is 0 Å². The molecule has 2 rings (SSSR count). The summed E-state index contributed by atoms with van der Waals surface area (Å²) in [4.78, 5) is 11.6. The van der Waals surface area contributed by atoms with Gasteiger partial charge in [0, 0.05) is 0 Å². The average molecular weight is 370 g/mol. The minimum atomic E-state index is -1.85. The van der Waals surface area contributed by atoms with E-state index >= 15 is 0 Å². The van der Waals surface area contributed by atoms with Crippen LogP contribution in [0.3, 0.4) is 0 Å². The molecule has 2 fully saturated rings. The number of methoxy groups -OCH3 is 1. The summed E-state index contributed by atoms with van der Waals surface area (Å²) in [7, 11) is 1.01. The molecule has 2 heterocycles. The van der Waals surface area contributed by atoms with Crippen LogP contribution in [0.25, 0.3) is 0 Å². The highest BCUT2D eigenvalue weighted by atomic mass is 16.7. The molecule has 2 aliphatic rings. The number of hydrogen-bond donors (Lipinski definition) is 7. The highest BCUT2D eigenvalue weighted by Crippen LogP contribution is 2.28. The third-order valence-electron chi connectivity index (χ3n) is 4.14. The molecule has 0 spiro atoms. The lowest BCUT2D eigenvalue weighted by atomic mass is 9.97. The summed E-state index contributed by atoms with van der Waals surface area (Å²) in [5, 5.41) is 68.2. The first-order valence-corrected chi connectivity index (χ1v) is 7.46. The molecule has 12 nitrogen and oxygen atoms in total. The van der Waals surface area contributed by atoms with Gasteiger partial charge in [-0.3, -0.25) is 0 Å². The molecule has 0 amide bonds. The number of rotatable bonds is 4. The van der Waals surface area contributed by atoms with Gasteiger partial charge in [0.25, 0.3) is 0 Å². The van der Waals surface area contributed by atoms with Crippen LogP contribution >= 0.6 is 0 Å². The second-order valence-electron chi connectivity index (χ2n) is 5.75. The second kappa shape index (κ2) is 8.18. The standard InChI is InChI=1S/C13H22O12/c1-22-11(20)9-7(18)5(16)8(19)13(24-9)25-10-6(17)4(15)3(2-14)23-12(10)21/h3-10,12-19,21H,2H2,1H3/t3-,4-,5+,6+,7+,8-,9+,10-,12-,13+/m1/s1. The third-order valence-corrected chi connectivity index (χ3v) is 4.14. The zero-order chi connectivity index (χ0) is 18.9. The zero-order valence-corrected chi connectivity index (χ0v) is 13.2. The third kappa shape index (κ3) is 3.93. The summed E-state index contributed by atoms with van der Waals surface area (Å²) in [5.74, 6) is -1.05. The Kier molecular flexibility index (Phi) is 6.67. The van der Waals surface area contributed by atoms with Gasteiger partial charge in [0.2, 0.25) is 0 Å². The first-order valence-electron chi connectivity index (χ1n) is 7.46. The van der Waals surface area contributed by atoms with Crippen LogP contribution in [0.1, 0.15) is 0 Å². The monoisotopic (exact) mass is 370 g/mol. The van der Waals surface area contributed by atoms with E-state index in [1.165, 1.54) is 0 Å². The number of carbonyl (C=O) groups excluding carboxylic acids is 1. The van der Waals surface area contributed by atoms with Crippen molar-refractivity contribution >= 4 is 5.97 Å². The number of aliphatic hydroxyl groups is 7. The highest BCUT2D eigenvalue weighted by molar-refractivity contribution is 5.75. The molecule has 10 atom stereocenters. The van der Waals surface area contributed by atoms with Crippen molar-refractivity contribution in [3.8, 4) is 0 Å². The van der Waals surface area contributed by atoms with Crippen molar-refractivity contribution in [2.75, 3.05) is 13.7 Å². The van der Waals surface area contributed by atoms with E-state index < -0.39 is 74.0 Å². The van der Waals surface area contributed by atoms with Gasteiger partial charge in [-0.25, -0.2) is 4.79 Å². The van der Waals surface area contributed by atoms with E-state index in [0.29, 0.717) is 0 Å². The Morgan fingerprint density at radius 2 is 1.56 bits per heavy atom. The average Bonchev–Trinajstić information content (AvgIpc) is 2.60. The van der Waals surface area contributed by atoms with E-state index in [1.807, 2.05) is 0 Å². The van der Waals surface area contributed by atoms with Crippen molar-refractivity contribution in [1.82, 2.24) is 0 Å². The SMILES string of the molecule is COC(=O)[C@H]1O[C@@H](O[C@@H]2[C@@H](O)[C@H](O)[C@@H](CO)O[C@H]2O)[C@H](O)[C@@H](O)[C@@H]1O. The van der Waals surface area contributed by atoms with Gasteiger partial charge >= 0.3 is 5.97 Å². The van der Waals surface area contributed by atoms with E-state index in [9.17, 15) is 35.4 Å². The van der Waals surface area contributed by atoms with Crippen molar-refractivity contribution < 1.29 is 59.5 Å². The molecule has 2 saturated heterocycles. The normalized spacial score (nSPS) is 48.2. The molecule has 0 unspecified atom stereocenters. The topological polar surface area (TPSA) is 196 Å². The second-order valence-corrected chi connectivity index (χ2v) is 5.75. The number of esters is 1. The van der Waals surface area contributed by atoms with Crippen molar-refractivity contribution in [1.29, 1.82) is 0 Å². The molecule has 0 aromatic rings. The summed E-state index contributed by atoms with van der Waals surface area (Å²) in [6.45, 7) is -0.681. The van der Waals surface area contributed by atoms with Gasteiger partial charge < -0.3 is 54.7 Å². The van der Waals surface area contributed by atoms with Gasteiger partial charge in [-0.1, -0.05) is 0 Å². The maximum atomic E-state index is 11.6. The van der Waals surface area contributed by atoms with Gasteiger partial charge in [-0.05, 0) is 0 Å². The van der Waals surface area contributed by atoms with Crippen LogP contribution in [-0.4, -0.2) is 117 Å². The van der Waals surface area contributed by atoms with Crippen molar-refractivity contribution in [3.63, 3.8) is 0 Å². The predicted molar refractivity (Wildman–Crippen MR) is 73.5 cm³/mol. The minimum Gasteiger partial charge on any atom is -0.467 e. The number of carbonyl (C=O) groups is 1. The van der Waals surface area contributed by atoms with Crippen LogP contribution in [0.5, 0.6) is 0 Å². The molecular formula is C13H22O12. The molecule has 0 aromatic carbocycles. The van der Waals surface area contributed by atoms with Gasteiger partial charge in [-0.2, -0.15) is 0 Å². The number of hydrogen-bond acceptors (Lipinski definition) is 12. The van der Waals surface area contributed by atoms with Crippen molar-refractivity contribution in [2.45, 2.75) is 61.4 Å². The van der Waals surface area contributed by atoms with Crippen LogP contribution in [0.4, 0.5) is 0 Å². The highest BCUT2D eigenvalue weighted by Gasteiger charge is 2.51. The predicted octanol–water partition coefficient (Wildman–Crippen LogP) is -5.22. The van der Waals surface area contributed by atoms with E-state index in [0.717, 1.165) is 7.11 Å². The van der Waals surface area contributed by atoms with Gasteiger partial charge in [-0.15, -0.1) is 0 Å². The summed E-state index contributed by atoms with van der Waals surface area (Å²) in [6, 6.07) is 0. The molecule has 0 aliphatic carbocycles. The molecule has 2 aliphatic heterocycles. The summed E-state index contributed by atoms with van der Waals surface area (Å²) >= 11 is 0. The quantitative estimate of drug-likeness (QED) is 0.233. The van der Waals surface area contributed by atoms with E-state index in [4.69, 9.17) is 19.3 Å². The van der Waals surface area contributed by atoms with Gasteiger partial charge in [0.1, 0.15) is 42.7 Å². The maximum absolute atomic E-state index is 11.6. The van der Waals surface area contributed by atoms with Crippen LogP contribution in [0.2, 0.25) is 0 Å². The minimum absolute atomic E-state index is 0.681. The molecule has 0 aromatic heterocycles. The maximum Gasteiger partial charge on any atom is 0.337 e. The first kappa shape index (κ1) is 20.4. The Labute approximate surface area is 141 Å². The Hall–Kier alpha value is -0.930. The molecule has 0 saturated carbocycles. The van der Waals surface area contributed by atoms with Gasteiger partial charge in [0.05, 0.1) is 13.7 Å². The number of aliphatic hydroxyl groups excluding tert-OH is 7. The lowest BCUT2D eigenvalue weighted by molar-refractivity contribution is -0.358. The van der Waals surface area contributed by atoms with Crippen LogP contribution in [-0.2, 0) is 23.7 Å².